The number of likely N-dealkylation sites (tertiary alicyclic amines) is 1. The molecule has 1 aromatic carbocycles. The van der Waals surface area contributed by atoms with Gasteiger partial charge in [0.2, 0.25) is 0 Å². The van der Waals surface area contributed by atoms with Crippen molar-refractivity contribution in [2.75, 3.05) is 25.0 Å². The molecule has 2 rings (SSSR count). The van der Waals surface area contributed by atoms with Gasteiger partial charge in [-0.05, 0) is 31.4 Å². The maximum Gasteiger partial charge on any atom is 0.321 e. The molecule has 0 saturated carbocycles. The van der Waals surface area contributed by atoms with Gasteiger partial charge in [0.25, 0.3) is 0 Å². The Labute approximate surface area is 113 Å². The molecule has 4 heteroatoms. The minimum Gasteiger partial charge on any atom is -0.384 e. The molecule has 1 saturated heterocycles. The molecule has 1 aliphatic rings. The molecule has 1 fully saturated rings. The van der Waals surface area contributed by atoms with Crippen molar-refractivity contribution in [2.24, 2.45) is 0 Å². The van der Waals surface area contributed by atoms with Crippen LogP contribution in [-0.4, -0.2) is 35.7 Å². The molecular formula is C15H18N2O2. The molecule has 0 aliphatic carbocycles. The molecule has 2 N–H and O–H groups in total. The van der Waals surface area contributed by atoms with E-state index < -0.39 is 0 Å². The van der Waals surface area contributed by atoms with Crippen LogP contribution < -0.4 is 5.32 Å². The molecule has 0 unspecified atom stereocenters. The van der Waals surface area contributed by atoms with Gasteiger partial charge in [-0.1, -0.05) is 24.0 Å². The van der Waals surface area contributed by atoms with Crippen LogP contribution in [0.3, 0.4) is 0 Å². The van der Waals surface area contributed by atoms with E-state index in [1.54, 1.807) is 0 Å². The van der Waals surface area contributed by atoms with Gasteiger partial charge in [-0.15, -0.1) is 0 Å². The number of carbonyl (C=O) groups excluding carboxylic acids is 1. The second kappa shape index (κ2) is 6.81. The monoisotopic (exact) mass is 258 g/mol. The summed E-state index contributed by atoms with van der Waals surface area (Å²) in [5, 5.41) is 11.6. The Morgan fingerprint density at radius 3 is 2.74 bits per heavy atom. The van der Waals surface area contributed by atoms with E-state index >= 15 is 0 Å². The predicted molar refractivity (Wildman–Crippen MR) is 74.8 cm³/mol. The van der Waals surface area contributed by atoms with Crippen LogP contribution in [0.2, 0.25) is 0 Å². The maximum atomic E-state index is 12.1. The largest absolute Gasteiger partial charge is 0.384 e. The van der Waals surface area contributed by atoms with Gasteiger partial charge in [0.15, 0.2) is 0 Å². The Balaban J connectivity index is 2.07. The lowest BCUT2D eigenvalue weighted by atomic mass is 10.1. The van der Waals surface area contributed by atoms with E-state index in [-0.39, 0.29) is 12.6 Å². The highest BCUT2D eigenvalue weighted by atomic mass is 16.2. The van der Waals surface area contributed by atoms with E-state index in [2.05, 4.69) is 17.2 Å². The first-order valence-electron chi connectivity index (χ1n) is 6.56. The van der Waals surface area contributed by atoms with Crippen LogP contribution in [0.15, 0.2) is 24.3 Å². The lowest BCUT2D eigenvalue weighted by molar-refractivity contribution is 0.200. The van der Waals surface area contributed by atoms with Gasteiger partial charge < -0.3 is 15.3 Å². The zero-order chi connectivity index (χ0) is 13.5. The number of aliphatic hydroxyl groups excluding tert-OH is 1. The summed E-state index contributed by atoms with van der Waals surface area (Å²) < 4.78 is 0. The Morgan fingerprint density at radius 2 is 2.00 bits per heavy atom. The second-order valence-corrected chi connectivity index (χ2v) is 4.48. The normalized spacial score (nSPS) is 14.5. The third kappa shape index (κ3) is 3.73. The highest BCUT2D eigenvalue weighted by molar-refractivity contribution is 5.90. The summed E-state index contributed by atoms with van der Waals surface area (Å²) in [6, 6.07) is 7.30. The average Bonchev–Trinajstić information content (AvgIpc) is 2.47. The lowest BCUT2D eigenvalue weighted by Gasteiger charge is -2.27. The van der Waals surface area contributed by atoms with E-state index in [1.807, 2.05) is 29.2 Å². The Morgan fingerprint density at radius 1 is 1.26 bits per heavy atom. The second-order valence-electron chi connectivity index (χ2n) is 4.48. The summed E-state index contributed by atoms with van der Waals surface area (Å²) in [4.78, 5) is 13.9. The molecule has 1 heterocycles. The first-order chi connectivity index (χ1) is 9.31. The number of amides is 2. The number of nitrogens with zero attached hydrogens (tertiary/aromatic N) is 1. The van der Waals surface area contributed by atoms with Gasteiger partial charge >= 0.3 is 6.03 Å². The van der Waals surface area contributed by atoms with Gasteiger partial charge in [-0.2, -0.15) is 0 Å². The standard InChI is InChI=1S/C15H18N2O2/c18-12-6-8-13-7-2-3-9-14(13)16-15(19)17-10-4-1-5-11-17/h2-3,7,9,18H,1,4-5,10-12H2,(H,16,19). The first kappa shape index (κ1) is 13.4. The number of benzene rings is 1. The highest BCUT2D eigenvalue weighted by Gasteiger charge is 2.16. The van der Waals surface area contributed by atoms with Crippen molar-refractivity contribution in [1.82, 2.24) is 4.90 Å². The molecule has 0 aromatic heterocycles. The SMILES string of the molecule is O=C(Nc1ccccc1C#CCO)N1CCCCC1. The molecule has 19 heavy (non-hydrogen) atoms. The topological polar surface area (TPSA) is 52.6 Å². The van der Waals surface area contributed by atoms with Crippen molar-refractivity contribution in [3.8, 4) is 11.8 Å². The predicted octanol–water partition coefficient (Wildman–Crippen LogP) is 2.05. The number of hydrogen-bond donors (Lipinski definition) is 2. The Bertz CT molecular complexity index is 496. The Kier molecular flexibility index (Phi) is 4.82. The van der Waals surface area contributed by atoms with Crippen LogP contribution in [0.1, 0.15) is 24.8 Å². The molecule has 0 atom stereocenters. The number of hydrogen-bond acceptors (Lipinski definition) is 2. The lowest BCUT2D eigenvalue weighted by Crippen LogP contribution is -2.38. The molecule has 0 bridgehead atoms. The third-order valence-electron chi connectivity index (χ3n) is 3.11. The van der Waals surface area contributed by atoms with Gasteiger partial charge in [0.1, 0.15) is 6.61 Å². The Hall–Kier alpha value is -1.99. The maximum absolute atomic E-state index is 12.1. The summed E-state index contributed by atoms with van der Waals surface area (Å²) >= 11 is 0. The molecule has 1 aliphatic heterocycles. The van der Waals surface area contributed by atoms with Crippen molar-refractivity contribution in [2.45, 2.75) is 19.3 Å². The third-order valence-corrected chi connectivity index (χ3v) is 3.11. The van der Waals surface area contributed by atoms with Gasteiger partial charge in [-0.25, -0.2) is 4.79 Å². The summed E-state index contributed by atoms with van der Waals surface area (Å²) in [6.45, 7) is 1.45. The van der Waals surface area contributed by atoms with E-state index in [4.69, 9.17) is 5.11 Å². The highest BCUT2D eigenvalue weighted by Crippen LogP contribution is 2.16. The smallest absolute Gasteiger partial charge is 0.321 e. The zero-order valence-electron chi connectivity index (χ0n) is 10.9. The number of nitrogens with one attached hydrogen (secondary N) is 1. The molecule has 2 amide bonds. The van der Waals surface area contributed by atoms with E-state index in [0.29, 0.717) is 5.69 Å². The fourth-order valence-electron chi connectivity index (χ4n) is 2.13. The van der Waals surface area contributed by atoms with Gasteiger partial charge in [-0.3, -0.25) is 0 Å². The van der Waals surface area contributed by atoms with Gasteiger partial charge in [0.05, 0.1) is 5.69 Å². The zero-order valence-corrected chi connectivity index (χ0v) is 10.9. The molecule has 0 spiro atoms. The van der Waals surface area contributed by atoms with Crippen molar-refractivity contribution in [3.63, 3.8) is 0 Å². The van der Waals surface area contributed by atoms with Crippen LogP contribution >= 0.6 is 0 Å². The van der Waals surface area contributed by atoms with Crippen LogP contribution in [0.25, 0.3) is 0 Å². The molecule has 4 nitrogen and oxygen atoms in total. The van der Waals surface area contributed by atoms with E-state index in [9.17, 15) is 4.79 Å². The number of urea groups is 1. The molecular weight excluding hydrogens is 240 g/mol. The number of piperidine rings is 1. The fraction of sp³-hybridized carbons (Fsp3) is 0.400. The number of aliphatic hydroxyl groups is 1. The molecule has 0 radical (unpaired) electrons. The summed E-state index contributed by atoms with van der Waals surface area (Å²) in [5.41, 5.74) is 1.42. The van der Waals surface area contributed by atoms with Crippen molar-refractivity contribution in [3.05, 3.63) is 29.8 Å². The first-order valence-corrected chi connectivity index (χ1v) is 6.56. The summed E-state index contributed by atoms with van der Waals surface area (Å²) in [5.74, 6) is 5.44. The number of para-hydroxylation sites is 1. The van der Waals surface area contributed by atoms with Crippen molar-refractivity contribution >= 4 is 11.7 Å². The summed E-state index contributed by atoms with van der Waals surface area (Å²) in [6.07, 6.45) is 3.33. The minimum absolute atomic E-state index is 0.0713. The average molecular weight is 258 g/mol. The van der Waals surface area contributed by atoms with Crippen LogP contribution in [-0.2, 0) is 0 Å². The van der Waals surface area contributed by atoms with Crippen LogP contribution in [0.4, 0.5) is 10.5 Å². The van der Waals surface area contributed by atoms with E-state index in [0.717, 1.165) is 31.5 Å². The summed E-state index contributed by atoms with van der Waals surface area (Å²) in [7, 11) is 0. The molecule has 1 aromatic rings. The number of rotatable bonds is 1. The van der Waals surface area contributed by atoms with Crippen LogP contribution in [0, 0.1) is 11.8 Å². The van der Waals surface area contributed by atoms with Crippen molar-refractivity contribution < 1.29 is 9.90 Å². The fourth-order valence-corrected chi connectivity index (χ4v) is 2.13. The van der Waals surface area contributed by atoms with E-state index in [1.165, 1.54) is 6.42 Å². The van der Waals surface area contributed by atoms with Crippen molar-refractivity contribution in [1.29, 1.82) is 0 Å². The van der Waals surface area contributed by atoms with Gasteiger partial charge in [0, 0.05) is 18.7 Å². The number of anilines is 1. The number of carbonyl (C=O) groups is 1. The molecule has 100 valence electrons. The quantitative estimate of drug-likeness (QED) is 0.757. The van der Waals surface area contributed by atoms with Crippen LogP contribution in [0.5, 0.6) is 0 Å². The minimum atomic E-state index is -0.186.